The number of carbonyl (C=O) groups is 1. The van der Waals surface area contributed by atoms with Gasteiger partial charge in [0.25, 0.3) is 0 Å². The average molecular weight is 261 g/mol. The third-order valence-corrected chi connectivity index (χ3v) is 4.07. The summed E-state index contributed by atoms with van der Waals surface area (Å²) in [4.78, 5) is 14.2. The highest BCUT2D eigenvalue weighted by molar-refractivity contribution is 5.90. The average Bonchev–Trinajstić information content (AvgIpc) is 2.41. The highest BCUT2D eigenvalue weighted by Crippen LogP contribution is 2.24. The number of nitrogens with zero attached hydrogens (tertiary/aromatic N) is 1. The van der Waals surface area contributed by atoms with E-state index in [0.717, 1.165) is 24.6 Å². The van der Waals surface area contributed by atoms with Gasteiger partial charge in [0.2, 0.25) is 0 Å². The van der Waals surface area contributed by atoms with Crippen molar-refractivity contribution in [3.05, 3.63) is 35.4 Å². The van der Waals surface area contributed by atoms with E-state index in [1.54, 1.807) is 0 Å². The molecule has 0 aromatic heterocycles. The van der Waals surface area contributed by atoms with Gasteiger partial charge in [0, 0.05) is 12.6 Å². The molecule has 2 rings (SSSR count). The second-order valence-corrected chi connectivity index (χ2v) is 5.60. The monoisotopic (exact) mass is 261 g/mol. The van der Waals surface area contributed by atoms with Crippen LogP contribution in [0.3, 0.4) is 0 Å². The Morgan fingerprint density at radius 3 is 2.79 bits per heavy atom. The lowest BCUT2D eigenvalue weighted by atomic mass is 9.92. The summed E-state index contributed by atoms with van der Waals surface area (Å²) in [6, 6.07) is 8.32. The molecule has 0 aliphatic carbocycles. The summed E-state index contributed by atoms with van der Waals surface area (Å²) in [6.45, 7) is 6.53. The molecule has 3 heteroatoms. The lowest BCUT2D eigenvalue weighted by Crippen LogP contribution is -2.39. The second-order valence-electron chi connectivity index (χ2n) is 5.60. The first-order chi connectivity index (χ1) is 9.11. The quantitative estimate of drug-likeness (QED) is 0.783. The van der Waals surface area contributed by atoms with Crippen LogP contribution in [0.1, 0.15) is 42.6 Å². The Morgan fingerprint density at radius 2 is 2.11 bits per heavy atom. The molecule has 0 saturated carbocycles. The van der Waals surface area contributed by atoms with Crippen LogP contribution in [0.15, 0.2) is 24.3 Å². The Bertz CT molecular complexity index is 444. The molecule has 1 aromatic rings. The number of carbonyl (C=O) groups excluding carboxylic acids is 1. The molecular formula is C16H23NO2. The standard InChI is InChI=1S/C16H23NO2/c1-12-8-9-17(13(2)10-12)11-14-6-4-5-7-15(14)16(18)19-3/h4-7,12-13H,8-11H2,1-3H3. The summed E-state index contributed by atoms with van der Waals surface area (Å²) in [6.07, 6.45) is 2.48. The zero-order valence-corrected chi connectivity index (χ0v) is 12.1. The third-order valence-electron chi connectivity index (χ3n) is 4.07. The van der Waals surface area contributed by atoms with Crippen molar-refractivity contribution in [3.63, 3.8) is 0 Å². The fourth-order valence-corrected chi connectivity index (χ4v) is 2.88. The first-order valence-electron chi connectivity index (χ1n) is 7.02. The minimum Gasteiger partial charge on any atom is -0.465 e. The Labute approximate surface area is 115 Å². The maximum Gasteiger partial charge on any atom is 0.338 e. The van der Waals surface area contributed by atoms with E-state index in [0.29, 0.717) is 11.6 Å². The number of hydrogen-bond acceptors (Lipinski definition) is 3. The van der Waals surface area contributed by atoms with Crippen molar-refractivity contribution in [1.82, 2.24) is 4.90 Å². The van der Waals surface area contributed by atoms with Crippen molar-refractivity contribution in [2.24, 2.45) is 5.92 Å². The van der Waals surface area contributed by atoms with Crippen LogP contribution in [0.4, 0.5) is 0 Å². The number of benzene rings is 1. The fourth-order valence-electron chi connectivity index (χ4n) is 2.88. The summed E-state index contributed by atoms with van der Waals surface area (Å²) in [5.74, 6) is 0.565. The largest absolute Gasteiger partial charge is 0.465 e. The third kappa shape index (κ3) is 3.35. The van der Waals surface area contributed by atoms with E-state index in [-0.39, 0.29) is 5.97 Å². The van der Waals surface area contributed by atoms with Crippen molar-refractivity contribution in [3.8, 4) is 0 Å². The Balaban J connectivity index is 2.13. The highest BCUT2D eigenvalue weighted by Gasteiger charge is 2.24. The minimum atomic E-state index is -0.242. The van der Waals surface area contributed by atoms with Gasteiger partial charge in [0.1, 0.15) is 0 Å². The molecule has 1 aromatic carbocycles. The van der Waals surface area contributed by atoms with E-state index in [1.807, 2.05) is 24.3 Å². The molecule has 104 valence electrons. The number of methoxy groups -OCH3 is 1. The molecule has 19 heavy (non-hydrogen) atoms. The summed E-state index contributed by atoms with van der Waals surface area (Å²) in [5.41, 5.74) is 1.76. The van der Waals surface area contributed by atoms with Gasteiger partial charge < -0.3 is 4.74 Å². The van der Waals surface area contributed by atoms with Crippen LogP contribution in [0.25, 0.3) is 0 Å². The number of likely N-dealkylation sites (tertiary alicyclic amines) is 1. The van der Waals surface area contributed by atoms with Crippen LogP contribution in [-0.4, -0.2) is 30.6 Å². The molecule has 2 atom stereocenters. The topological polar surface area (TPSA) is 29.5 Å². The second kappa shape index (κ2) is 6.20. The molecule has 1 saturated heterocycles. The maximum atomic E-state index is 11.8. The Morgan fingerprint density at radius 1 is 1.37 bits per heavy atom. The number of ether oxygens (including phenoxy) is 1. The molecule has 1 aliphatic rings. The first-order valence-corrected chi connectivity index (χ1v) is 7.02. The molecule has 3 nitrogen and oxygen atoms in total. The molecule has 1 aliphatic heterocycles. The van der Waals surface area contributed by atoms with Gasteiger partial charge in [-0.2, -0.15) is 0 Å². The number of hydrogen-bond donors (Lipinski definition) is 0. The molecule has 2 unspecified atom stereocenters. The van der Waals surface area contributed by atoms with Crippen molar-refractivity contribution >= 4 is 5.97 Å². The Kier molecular flexibility index (Phi) is 4.59. The summed E-state index contributed by atoms with van der Waals surface area (Å²) in [5, 5.41) is 0. The summed E-state index contributed by atoms with van der Waals surface area (Å²) < 4.78 is 4.85. The SMILES string of the molecule is COC(=O)c1ccccc1CN1CCC(C)CC1C. The number of rotatable bonds is 3. The molecule has 0 amide bonds. The molecule has 0 N–H and O–H groups in total. The first kappa shape index (κ1) is 14.1. The van der Waals surface area contributed by atoms with Crippen molar-refractivity contribution in [1.29, 1.82) is 0 Å². The van der Waals surface area contributed by atoms with Gasteiger partial charge in [0.05, 0.1) is 12.7 Å². The van der Waals surface area contributed by atoms with E-state index in [2.05, 4.69) is 18.7 Å². The van der Waals surface area contributed by atoms with Crippen molar-refractivity contribution in [2.45, 2.75) is 39.3 Å². The molecule has 1 heterocycles. The van der Waals surface area contributed by atoms with Gasteiger partial charge in [0.15, 0.2) is 0 Å². The van der Waals surface area contributed by atoms with Crippen LogP contribution < -0.4 is 0 Å². The van der Waals surface area contributed by atoms with E-state index in [4.69, 9.17) is 4.74 Å². The molecule has 0 radical (unpaired) electrons. The smallest absolute Gasteiger partial charge is 0.338 e. The fraction of sp³-hybridized carbons (Fsp3) is 0.562. The lowest BCUT2D eigenvalue weighted by molar-refractivity contribution is 0.0595. The lowest BCUT2D eigenvalue weighted by Gasteiger charge is -2.36. The maximum absolute atomic E-state index is 11.8. The van der Waals surface area contributed by atoms with E-state index in [9.17, 15) is 4.79 Å². The predicted octanol–water partition coefficient (Wildman–Crippen LogP) is 3.09. The van der Waals surface area contributed by atoms with E-state index < -0.39 is 0 Å². The van der Waals surface area contributed by atoms with Crippen LogP contribution in [0, 0.1) is 5.92 Å². The van der Waals surface area contributed by atoms with Gasteiger partial charge in [-0.15, -0.1) is 0 Å². The zero-order chi connectivity index (χ0) is 13.8. The normalized spacial score (nSPS) is 24.2. The van der Waals surface area contributed by atoms with Crippen LogP contribution in [0.5, 0.6) is 0 Å². The van der Waals surface area contributed by atoms with E-state index >= 15 is 0 Å². The Hall–Kier alpha value is -1.35. The van der Waals surface area contributed by atoms with Crippen molar-refractivity contribution < 1.29 is 9.53 Å². The molecular weight excluding hydrogens is 238 g/mol. The van der Waals surface area contributed by atoms with Crippen LogP contribution in [0.2, 0.25) is 0 Å². The van der Waals surface area contributed by atoms with Gasteiger partial charge in [-0.05, 0) is 43.9 Å². The van der Waals surface area contributed by atoms with Crippen molar-refractivity contribution in [2.75, 3.05) is 13.7 Å². The van der Waals surface area contributed by atoms with Gasteiger partial charge in [-0.1, -0.05) is 25.1 Å². The molecule has 1 fully saturated rings. The minimum absolute atomic E-state index is 0.242. The summed E-state index contributed by atoms with van der Waals surface area (Å²) >= 11 is 0. The van der Waals surface area contributed by atoms with Crippen LogP contribution >= 0.6 is 0 Å². The molecule has 0 bridgehead atoms. The van der Waals surface area contributed by atoms with Gasteiger partial charge in [-0.3, -0.25) is 4.90 Å². The molecule has 0 spiro atoms. The zero-order valence-electron chi connectivity index (χ0n) is 12.1. The summed E-state index contributed by atoms with van der Waals surface area (Å²) in [7, 11) is 1.43. The number of esters is 1. The predicted molar refractivity (Wildman–Crippen MR) is 76.1 cm³/mol. The highest BCUT2D eigenvalue weighted by atomic mass is 16.5. The van der Waals surface area contributed by atoms with Gasteiger partial charge in [-0.25, -0.2) is 4.79 Å². The van der Waals surface area contributed by atoms with Gasteiger partial charge >= 0.3 is 5.97 Å². The van der Waals surface area contributed by atoms with E-state index in [1.165, 1.54) is 20.0 Å². The van der Waals surface area contributed by atoms with Crippen LogP contribution in [-0.2, 0) is 11.3 Å². The number of piperidine rings is 1.